The number of amides is 2. The molecule has 2 aromatic rings. The first-order valence-corrected chi connectivity index (χ1v) is 10.7. The molecule has 1 N–H and O–H groups in total. The molecule has 7 heteroatoms. The summed E-state index contributed by atoms with van der Waals surface area (Å²) >= 11 is 3.46. The molecule has 0 aromatic heterocycles. The van der Waals surface area contributed by atoms with Crippen molar-refractivity contribution < 1.29 is 19.1 Å². The van der Waals surface area contributed by atoms with Crippen LogP contribution in [0.1, 0.15) is 30.0 Å². The fourth-order valence-electron chi connectivity index (χ4n) is 3.54. The summed E-state index contributed by atoms with van der Waals surface area (Å²) in [6.45, 7) is 5.77. The van der Waals surface area contributed by atoms with E-state index in [0.717, 1.165) is 39.0 Å². The van der Waals surface area contributed by atoms with E-state index in [1.165, 1.54) is 0 Å². The maximum absolute atomic E-state index is 12.4. The van der Waals surface area contributed by atoms with Gasteiger partial charge in [-0.1, -0.05) is 40.5 Å². The Hall–Kier alpha value is -2.67. The molecule has 1 heterocycles. The highest BCUT2D eigenvalue weighted by molar-refractivity contribution is 9.10. The highest BCUT2D eigenvalue weighted by Gasteiger charge is 2.36. The Morgan fingerprint density at radius 3 is 2.57 bits per heavy atom. The molecule has 1 aliphatic rings. The minimum atomic E-state index is -0.577. The smallest absolute Gasteiger partial charge is 0.311 e. The van der Waals surface area contributed by atoms with Crippen molar-refractivity contribution in [3.63, 3.8) is 0 Å². The lowest BCUT2D eigenvalue weighted by atomic mass is 10.1. The summed E-state index contributed by atoms with van der Waals surface area (Å²) in [5.74, 6) is -1.63. The Morgan fingerprint density at radius 1 is 1.20 bits per heavy atom. The zero-order valence-electron chi connectivity index (χ0n) is 17.3. The third-order valence-electron chi connectivity index (χ3n) is 5.18. The summed E-state index contributed by atoms with van der Waals surface area (Å²) < 4.78 is 6.16. The Morgan fingerprint density at radius 2 is 1.90 bits per heavy atom. The van der Waals surface area contributed by atoms with Gasteiger partial charge in [0.25, 0.3) is 5.91 Å². The predicted octanol–water partition coefficient (Wildman–Crippen LogP) is 4.16. The summed E-state index contributed by atoms with van der Waals surface area (Å²) in [5.41, 5.74) is 4.52. The number of esters is 1. The van der Waals surface area contributed by atoms with Gasteiger partial charge in [0.2, 0.25) is 5.91 Å². The van der Waals surface area contributed by atoms with E-state index < -0.39 is 17.8 Å². The number of aryl methyl sites for hydroxylation is 3. The molecule has 0 bridgehead atoms. The van der Waals surface area contributed by atoms with Crippen LogP contribution in [-0.2, 0) is 25.5 Å². The standard InChI is InChI=1S/C23H25BrN2O4/c1-4-16-10-18(24)9-15(3)22(16)25-20(27)13-30-23(29)17-11-21(28)26(12-17)19-7-5-14(2)6-8-19/h5-10,17H,4,11-13H2,1-3H3,(H,25,27). The van der Waals surface area contributed by atoms with E-state index in [1.54, 1.807) is 4.90 Å². The number of halogens is 1. The highest BCUT2D eigenvalue weighted by Crippen LogP contribution is 2.27. The molecule has 158 valence electrons. The van der Waals surface area contributed by atoms with Crippen LogP contribution in [0.15, 0.2) is 40.9 Å². The molecule has 1 fully saturated rings. The third-order valence-corrected chi connectivity index (χ3v) is 5.63. The number of ether oxygens (including phenoxy) is 1. The number of rotatable bonds is 6. The zero-order chi connectivity index (χ0) is 21.8. The Balaban J connectivity index is 1.56. The lowest BCUT2D eigenvalue weighted by Crippen LogP contribution is -2.28. The predicted molar refractivity (Wildman–Crippen MR) is 119 cm³/mol. The van der Waals surface area contributed by atoms with E-state index in [0.29, 0.717) is 0 Å². The van der Waals surface area contributed by atoms with E-state index in [9.17, 15) is 14.4 Å². The number of hydrogen-bond acceptors (Lipinski definition) is 4. The molecule has 0 radical (unpaired) electrons. The van der Waals surface area contributed by atoms with Crippen molar-refractivity contribution in [3.05, 3.63) is 57.6 Å². The Kier molecular flexibility index (Phi) is 6.92. The average Bonchev–Trinajstić information content (AvgIpc) is 3.10. The average molecular weight is 473 g/mol. The van der Waals surface area contributed by atoms with Crippen LogP contribution in [0.5, 0.6) is 0 Å². The minimum Gasteiger partial charge on any atom is -0.455 e. The van der Waals surface area contributed by atoms with Gasteiger partial charge in [-0.25, -0.2) is 0 Å². The van der Waals surface area contributed by atoms with Gasteiger partial charge in [0, 0.05) is 28.8 Å². The topological polar surface area (TPSA) is 75.7 Å². The molecule has 0 aliphatic carbocycles. The largest absolute Gasteiger partial charge is 0.455 e. The fraction of sp³-hybridized carbons (Fsp3) is 0.348. The van der Waals surface area contributed by atoms with Crippen molar-refractivity contribution in [2.24, 2.45) is 5.92 Å². The summed E-state index contributed by atoms with van der Waals surface area (Å²) in [5, 5.41) is 2.84. The molecule has 0 spiro atoms. The van der Waals surface area contributed by atoms with Crippen molar-refractivity contribution in [3.8, 4) is 0 Å². The monoisotopic (exact) mass is 472 g/mol. The van der Waals surface area contributed by atoms with E-state index in [2.05, 4.69) is 21.2 Å². The lowest BCUT2D eigenvalue weighted by Gasteiger charge is -2.17. The first-order valence-electron chi connectivity index (χ1n) is 9.91. The number of carbonyl (C=O) groups is 3. The number of carbonyl (C=O) groups excluding carboxylic acids is 3. The number of nitrogens with one attached hydrogen (secondary N) is 1. The van der Waals surface area contributed by atoms with E-state index >= 15 is 0 Å². The highest BCUT2D eigenvalue weighted by atomic mass is 79.9. The van der Waals surface area contributed by atoms with Crippen LogP contribution in [0, 0.1) is 19.8 Å². The van der Waals surface area contributed by atoms with Crippen molar-refractivity contribution in [1.29, 1.82) is 0 Å². The van der Waals surface area contributed by atoms with Crippen LogP contribution >= 0.6 is 15.9 Å². The fourth-order valence-corrected chi connectivity index (χ4v) is 4.16. The number of nitrogens with zero attached hydrogens (tertiary/aromatic N) is 1. The van der Waals surface area contributed by atoms with Crippen molar-refractivity contribution in [2.45, 2.75) is 33.6 Å². The molecule has 3 rings (SSSR count). The molecule has 2 amide bonds. The van der Waals surface area contributed by atoms with Crippen LogP contribution in [0.25, 0.3) is 0 Å². The van der Waals surface area contributed by atoms with Crippen molar-refractivity contribution in [2.75, 3.05) is 23.4 Å². The van der Waals surface area contributed by atoms with Crippen LogP contribution in [0.3, 0.4) is 0 Å². The second-order valence-electron chi connectivity index (χ2n) is 7.51. The molecular formula is C23H25BrN2O4. The van der Waals surface area contributed by atoms with Gasteiger partial charge in [0.1, 0.15) is 0 Å². The maximum Gasteiger partial charge on any atom is 0.311 e. The number of anilines is 2. The number of benzene rings is 2. The summed E-state index contributed by atoms with van der Waals surface area (Å²) in [6, 6.07) is 11.4. The first-order chi connectivity index (χ1) is 14.3. The van der Waals surface area contributed by atoms with Gasteiger partial charge in [0.05, 0.1) is 5.92 Å². The Bertz CT molecular complexity index is 972. The first kappa shape index (κ1) is 22.0. The summed E-state index contributed by atoms with van der Waals surface area (Å²) in [6.07, 6.45) is 0.842. The molecular weight excluding hydrogens is 448 g/mol. The minimum absolute atomic E-state index is 0.0835. The van der Waals surface area contributed by atoms with Crippen molar-refractivity contribution >= 4 is 45.1 Å². The van der Waals surface area contributed by atoms with Crippen LogP contribution in [0.2, 0.25) is 0 Å². The lowest BCUT2D eigenvalue weighted by molar-refractivity contribution is -0.151. The van der Waals surface area contributed by atoms with E-state index in [-0.39, 0.29) is 25.5 Å². The van der Waals surface area contributed by atoms with E-state index in [1.807, 2.05) is 57.2 Å². The quantitative estimate of drug-likeness (QED) is 0.640. The molecule has 1 atom stereocenters. The summed E-state index contributed by atoms with van der Waals surface area (Å²) in [7, 11) is 0. The van der Waals surface area contributed by atoms with Crippen LogP contribution < -0.4 is 10.2 Å². The van der Waals surface area contributed by atoms with Gasteiger partial charge in [-0.15, -0.1) is 0 Å². The molecule has 6 nitrogen and oxygen atoms in total. The number of hydrogen-bond donors (Lipinski definition) is 1. The van der Waals surface area contributed by atoms with Gasteiger partial charge < -0.3 is 15.0 Å². The van der Waals surface area contributed by atoms with Gasteiger partial charge in [-0.3, -0.25) is 14.4 Å². The van der Waals surface area contributed by atoms with Gasteiger partial charge in [-0.05, 0) is 55.7 Å². The molecule has 2 aromatic carbocycles. The SMILES string of the molecule is CCc1cc(Br)cc(C)c1NC(=O)COC(=O)C1CC(=O)N(c2ccc(C)cc2)C1. The van der Waals surface area contributed by atoms with Gasteiger partial charge in [0.15, 0.2) is 6.61 Å². The molecule has 1 unspecified atom stereocenters. The van der Waals surface area contributed by atoms with Crippen LogP contribution in [-0.4, -0.2) is 30.9 Å². The molecule has 30 heavy (non-hydrogen) atoms. The van der Waals surface area contributed by atoms with Gasteiger partial charge >= 0.3 is 5.97 Å². The normalized spacial score (nSPS) is 15.9. The van der Waals surface area contributed by atoms with Gasteiger partial charge in [-0.2, -0.15) is 0 Å². The third kappa shape index (κ3) is 5.08. The zero-order valence-corrected chi connectivity index (χ0v) is 18.9. The second-order valence-corrected chi connectivity index (χ2v) is 8.42. The molecule has 1 saturated heterocycles. The Labute approximate surface area is 184 Å². The summed E-state index contributed by atoms with van der Waals surface area (Å²) in [4.78, 5) is 38.7. The van der Waals surface area contributed by atoms with Crippen molar-refractivity contribution in [1.82, 2.24) is 0 Å². The maximum atomic E-state index is 12.4. The van der Waals surface area contributed by atoms with Crippen LogP contribution in [0.4, 0.5) is 11.4 Å². The molecule has 1 aliphatic heterocycles. The van der Waals surface area contributed by atoms with E-state index in [4.69, 9.17) is 4.74 Å². The molecule has 0 saturated carbocycles. The second kappa shape index (κ2) is 9.43.